The summed E-state index contributed by atoms with van der Waals surface area (Å²) in [7, 11) is 6.86. The van der Waals surface area contributed by atoms with Crippen molar-refractivity contribution in [3.05, 3.63) is 36.0 Å². The van der Waals surface area contributed by atoms with Gasteiger partial charge in [0.2, 0.25) is 0 Å². The molecule has 0 aromatic carbocycles. The number of carbonyl (C=O) groups excluding carboxylic acids is 1. The highest BCUT2D eigenvalue weighted by Gasteiger charge is 2.40. The third-order valence-corrected chi connectivity index (χ3v) is 11.7. The lowest BCUT2D eigenvalue weighted by atomic mass is 9.78. The first-order valence-electron chi connectivity index (χ1n) is 19.3. The van der Waals surface area contributed by atoms with Crippen molar-refractivity contribution in [2.24, 2.45) is 23.7 Å². The van der Waals surface area contributed by atoms with Crippen LogP contribution in [0.3, 0.4) is 0 Å². The van der Waals surface area contributed by atoms with Crippen LogP contribution >= 0.6 is 0 Å². The van der Waals surface area contributed by atoms with Gasteiger partial charge in [0.15, 0.2) is 0 Å². The van der Waals surface area contributed by atoms with Gasteiger partial charge < -0.3 is 43.4 Å². The summed E-state index contributed by atoms with van der Waals surface area (Å²) in [5.41, 5.74) is 0.842. The SMILES string of the molecule is CO[C@H]1C[C@H](CC[C@H](C)[C@H](O)[C@H](C)[C@H]2OC(=O)/C=C/C(C)=C/C[C@H](O)C[C@@H]3C=CC[C@@H](C[C@H](OC)[C@@H](C)[C@@H](OC)C[C@@H](OC)[C@@H]2C)O3)O[C@@H](C)C1. The van der Waals surface area contributed by atoms with Gasteiger partial charge in [-0.25, -0.2) is 4.79 Å². The van der Waals surface area contributed by atoms with Crippen molar-refractivity contribution in [2.75, 3.05) is 28.4 Å². The number of esters is 1. The van der Waals surface area contributed by atoms with E-state index in [1.807, 2.05) is 32.9 Å². The van der Waals surface area contributed by atoms with Gasteiger partial charge >= 0.3 is 5.97 Å². The predicted octanol–water partition coefficient (Wildman–Crippen LogP) is 6.36. The van der Waals surface area contributed by atoms with E-state index in [4.69, 9.17) is 33.2 Å². The molecule has 0 saturated carbocycles. The summed E-state index contributed by atoms with van der Waals surface area (Å²) in [4.78, 5) is 13.4. The number of fused-ring (bicyclic) bond motifs is 2. The van der Waals surface area contributed by atoms with Gasteiger partial charge in [-0.3, -0.25) is 0 Å². The van der Waals surface area contributed by atoms with Crippen LogP contribution in [0.1, 0.15) is 99.3 Å². The maximum Gasteiger partial charge on any atom is 0.331 e. The fraction of sp³-hybridized carbons (Fsp3) is 0.829. The minimum absolute atomic E-state index is 0.00324. The van der Waals surface area contributed by atoms with E-state index in [0.717, 1.165) is 37.7 Å². The summed E-state index contributed by atoms with van der Waals surface area (Å²) in [6, 6.07) is 0. The van der Waals surface area contributed by atoms with Crippen molar-refractivity contribution in [1.29, 1.82) is 0 Å². The Hall–Kier alpha value is -1.63. The molecule has 1 fully saturated rings. The van der Waals surface area contributed by atoms with Crippen molar-refractivity contribution in [3.8, 4) is 0 Å². The van der Waals surface area contributed by atoms with Crippen LogP contribution in [0.25, 0.3) is 0 Å². The zero-order valence-corrected chi connectivity index (χ0v) is 33.1. The standard InChI is InChI=1S/C41H70O10/c1-25-14-17-31(42)21-32-12-11-13-33(50-32)23-36(46-8)28(4)37(47-9)24-38(48-10)29(5)41(51-39(43)19-15-25)30(6)40(44)26(2)16-18-34-22-35(45-7)20-27(3)49-34/h11-12,14-15,19,26-38,40-42,44H,13,16-18,20-24H2,1-10H3/b19-15+,25-14+/t26-,27-,28+,29-,30-,31-,32-,33-,34-,35+,36-,37-,38+,40-,41-/m0/s1. The second-order valence-electron chi connectivity index (χ2n) is 15.6. The van der Waals surface area contributed by atoms with Gasteiger partial charge in [0.25, 0.3) is 0 Å². The smallest absolute Gasteiger partial charge is 0.331 e. The molecule has 0 amide bonds. The molecule has 3 aliphatic heterocycles. The lowest BCUT2D eigenvalue weighted by Gasteiger charge is -2.39. The molecule has 0 aromatic rings. The molecule has 0 aromatic heterocycles. The van der Waals surface area contributed by atoms with Crippen LogP contribution in [0.2, 0.25) is 0 Å². The van der Waals surface area contributed by atoms with E-state index in [1.54, 1.807) is 34.5 Å². The van der Waals surface area contributed by atoms with E-state index in [0.29, 0.717) is 25.7 Å². The van der Waals surface area contributed by atoms with Gasteiger partial charge in [-0.15, -0.1) is 0 Å². The van der Waals surface area contributed by atoms with Crippen molar-refractivity contribution in [3.63, 3.8) is 0 Å². The Morgan fingerprint density at radius 2 is 1.51 bits per heavy atom. The minimum atomic E-state index is -0.733. The summed E-state index contributed by atoms with van der Waals surface area (Å²) in [5, 5.41) is 22.6. The number of hydrogen-bond donors (Lipinski definition) is 2. The highest BCUT2D eigenvalue weighted by molar-refractivity contribution is 5.82. The van der Waals surface area contributed by atoms with E-state index < -0.39 is 24.3 Å². The fourth-order valence-corrected chi connectivity index (χ4v) is 8.26. The highest BCUT2D eigenvalue weighted by Crippen LogP contribution is 2.34. The molecular formula is C41H70O10. The summed E-state index contributed by atoms with van der Waals surface area (Å²) in [6.45, 7) is 12.1. The summed E-state index contributed by atoms with van der Waals surface area (Å²) >= 11 is 0. The van der Waals surface area contributed by atoms with E-state index in [9.17, 15) is 15.0 Å². The van der Waals surface area contributed by atoms with Crippen LogP contribution in [-0.4, -0.2) is 112 Å². The number of hydrogen-bond acceptors (Lipinski definition) is 10. The Labute approximate surface area is 308 Å². The van der Waals surface area contributed by atoms with Gasteiger partial charge in [-0.05, 0) is 58.3 Å². The molecule has 2 N–H and O–H groups in total. The molecular weight excluding hydrogens is 652 g/mol. The Morgan fingerprint density at radius 1 is 0.843 bits per heavy atom. The number of aliphatic hydroxyl groups is 2. The molecule has 0 aliphatic carbocycles. The Bertz CT molecular complexity index is 1110. The lowest BCUT2D eigenvalue weighted by molar-refractivity contribution is -0.159. The second kappa shape index (κ2) is 21.9. The quantitative estimate of drug-likeness (QED) is 0.195. The van der Waals surface area contributed by atoms with E-state index in [-0.39, 0.29) is 72.5 Å². The number of allylic oxidation sites excluding steroid dienone is 2. The Balaban J connectivity index is 1.86. The van der Waals surface area contributed by atoms with E-state index in [2.05, 4.69) is 26.8 Å². The number of rotatable bonds is 10. The van der Waals surface area contributed by atoms with Crippen molar-refractivity contribution in [1.82, 2.24) is 0 Å². The molecule has 51 heavy (non-hydrogen) atoms. The molecule has 10 heteroatoms. The van der Waals surface area contributed by atoms with E-state index >= 15 is 0 Å². The average molecular weight is 723 g/mol. The monoisotopic (exact) mass is 722 g/mol. The number of methoxy groups -OCH3 is 4. The first kappa shape index (κ1) is 43.8. The maximum atomic E-state index is 13.4. The van der Waals surface area contributed by atoms with Crippen LogP contribution in [0, 0.1) is 23.7 Å². The molecule has 1 saturated heterocycles. The van der Waals surface area contributed by atoms with Crippen molar-refractivity contribution < 1.29 is 48.2 Å². The molecule has 294 valence electrons. The lowest BCUT2D eigenvalue weighted by Crippen LogP contribution is -2.46. The molecule has 2 bridgehead atoms. The maximum absolute atomic E-state index is 13.4. The third kappa shape index (κ3) is 13.6. The zero-order valence-electron chi connectivity index (χ0n) is 33.1. The molecule has 3 heterocycles. The zero-order chi connectivity index (χ0) is 37.7. The van der Waals surface area contributed by atoms with Crippen LogP contribution < -0.4 is 0 Å². The van der Waals surface area contributed by atoms with Gasteiger partial charge in [-0.1, -0.05) is 57.6 Å². The highest BCUT2D eigenvalue weighted by atomic mass is 16.6. The predicted molar refractivity (Wildman–Crippen MR) is 198 cm³/mol. The molecule has 0 unspecified atom stereocenters. The molecule has 15 atom stereocenters. The van der Waals surface area contributed by atoms with Crippen molar-refractivity contribution in [2.45, 2.75) is 166 Å². The first-order valence-corrected chi connectivity index (χ1v) is 19.3. The molecule has 10 nitrogen and oxygen atoms in total. The average Bonchev–Trinajstić information content (AvgIpc) is 3.12. The largest absolute Gasteiger partial charge is 0.458 e. The second-order valence-corrected chi connectivity index (χ2v) is 15.6. The summed E-state index contributed by atoms with van der Waals surface area (Å²) < 4.78 is 42.7. The fourth-order valence-electron chi connectivity index (χ4n) is 8.26. The van der Waals surface area contributed by atoms with Crippen molar-refractivity contribution >= 4 is 5.97 Å². The third-order valence-electron chi connectivity index (χ3n) is 11.7. The number of ether oxygens (including phenoxy) is 7. The van der Waals surface area contributed by atoms with E-state index in [1.165, 1.54) is 6.08 Å². The van der Waals surface area contributed by atoms with Gasteiger partial charge in [0, 0.05) is 71.5 Å². The van der Waals surface area contributed by atoms with Gasteiger partial charge in [-0.2, -0.15) is 0 Å². The van der Waals surface area contributed by atoms with Crippen LogP contribution in [0.15, 0.2) is 36.0 Å². The number of cyclic esters (lactones) is 1. The van der Waals surface area contributed by atoms with Crippen LogP contribution in [0.4, 0.5) is 0 Å². The molecule has 3 rings (SSSR count). The van der Waals surface area contributed by atoms with Gasteiger partial charge in [0.05, 0.1) is 61.0 Å². The number of aliphatic hydroxyl groups excluding tert-OH is 2. The number of carbonyl (C=O) groups is 1. The molecule has 0 radical (unpaired) electrons. The normalized spacial score (nSPS) is 39.9. The summed E-state index contributed by atoms with van der Waals surface area (Å²) in [6.07, 6.45) is 13.0. The van der Waals surface area contributed by atoms with Gasteiger partial charge in [0.1, 0.15) is 6.10 Å². The van der Waals surface area contributed by atoms with Crippen LogP contribution in [0.5, 0.6) is 0 Å². The summed E-state index contributed by atoms with van der Waals surface area (Å²) in [5.74, 6) is -1.22. The molecule has 0 spiro atoms. The topological polar surface area (TPSA) is 122 Å². The molecule has 3 aliphatic rings. The Morgan fingerprint density at radius 3 is 2.18 bits per heavy atom. The Kier molecular flexibility index (Phi) is 18.8. The van der Waals surface area contributed by atoms with Crippen LogP contribution in [-0.2, 0) is 38.0 Å². The minimum Gasteiger partial charge on any atom is -0.458 e. The first-order chi connectivity index (χ1) is 24.3.